The molecule has 0 aliphatic heterocycles. The van der Waals surface area contributed by atoms with E-state index in [9.17, 15) is 0 Å². The first-order chi connectivity index (χ1) is 7.54. The summed E-state index contributed by atoms with van der Waals surface area (Å²) in [4.78, 5) is 4.62. The molecule has 0 atom stereocenters. The molecule has 84 valence electrons. The molecule has 2 rings (SSSR count). The van der Waals surface area contributed by atoms with Gasteiger partial charge in [-0.05, 0) is 47.5 Å². The van der Waals surface area contributed by atoms with Gasteiger partial charge in [-0.15, -0.1) is 0 Å². The van der Waals surface area contributed by atoms with Gasteiger partial charge in [-0.2, -0.15) is 0 Å². The highest BCUT2D eigenvalue weighted by molar-refractivity contribution is 9.11. The van der Waals surface area contributed by atoms with Crippen molar-refractivity contribution in [2.24, 2.45) is 0 Å². The maximum Gasteiger partial charge on any atom is 0.0868 e. The topological polar surface area (TPSA) is 24.9 Å². The number of pyridine rings is 1. The van der Waals surface area contributed by atoms with Crippen LogP contribution in [0.2, 0.25) is 0 Å². The highest BCUT2D eigenvalue weighted by Crippen LogP contribution is 2.34. The smallest absolute Gasteiger partial charge is 0.0868 e. The second kappa shape index (κ2) is 4.34. The van der Waals surface area contributed by atoms with E-state index in [1.807, 2.05) is 20.0 Å². The van der Waals surface area contributed by atoms with Gasteiger partial charge >= 0.3 is 0 Å². The average molecular weight is 344 g/mol. The van der Waals surface area contributed by atoms with Gasteiger partial charge in [0.1, 0.15) is 0 Å². The van der Waals surface area contributed by atoms with Gasteiger partial charge in [0.15, 0.2) is 0 Å². The van der Waals surface area contributed by atoms with Crippen molar-refractivity contribution in [1.29, 1.82) is 0 Å². The lowest BCUT2D eigenvalue weighted by Gasteiger charge is -2.13. The fraction of sp³-hybridized carbons (Fsp3) is 0.250. The third-order valence-corrected chi connectivity index (χ3v) is 3.81. The van der Waals surface area contributed by atoms with Crippen LogP contribution in [0.15, 0.2) is 21.1 Å². The van der Waals surface area contributed by atoms with Gasteiger partial charge in [-0.25, -0.2) is 0 Å². The first kappa shape index (κ1) is 11.9. The predicted molar refractivity (Wildman–Crippen MR) is 76.2 cm³/mol. The van der Waals surface area contributed by atoms with E-state index < -0.39 is 0 Å². The van der Waals surface area contributed by atoms with Gasteiger partial charge in [0, 0.05) is 32.8 Å². The number of rotatable bonds is 1. The summed E-state index contributed by atoms with van der Waals surface area (Å²) in [6.45, 7) is 4.12. The Morgan fingerprint density at radius 3 is 2.50 bits per heavy atom. The van der Waals surface area contributed by atoms with Gasteiger partial charge in [0.25, 0.3) is 0 Å². The zero-order valence-corrected chi connectivity index (χ0v) is 12.5. The van der Waals surface area contributed by atoms with Crippen molar-refractivity contribution in [1.82, 2.24) is 4.98 Å². The summed E-state index contributed by atoms with van der Waals surface area (Å²) in [5, 5.41) is 4.38. The largest absolute Gasteiger partial charge is 0.387 e. The van der Waals surface area contributed by atoms with E-state index in [-0.39, 0.29) is 0 Å². The Labute approximate surface area is 112 Å². The van der Waals surface area contributed by atoms with Crippen LogP contribution in [-0.2, 0) is 0 Å². The van der Waals surface area contributed by atoms with E-state index in [2.05, 4.69) is 55.2 Å². The molecule has 0 saturated carbocycles. The summed E-state index contributed by atoms with van der Waals surface area (Å²) < 4.78 is 2.06. The summed E-state index contributed by atoms with van der Waals surface area (Å²) in [5.41, 5.74) is 4.39. The number of benzene rings is 1. The van der Waals surface area contributed by atoms with Crippen molar-refractivity contribution in [3.8, 4) is 0 Å². The molecule has 0 fully saturated rings. The number of fused-ring (bicyclic) bond motifs is 1. The zero-order chi connectivity index (χ0) is 11.9. The monoisotopic (exact) mass is 342 g/mol. The molecule has 1 aromatic heterocycles. The standard InChI is InChI=1S/C12H12Br2N2/c1-6-7(2)16-12-9(11(6)15-3)4-8(13)5-10(12)14/h4-5H,1-3H3,(H,15,16). The Morgan fingerprint density at radius 2 is 1.88 bits per heavy atom. The molecular weight excluding hydrogens is 332 g/mol. The third kappa shape index (κ3) is 1.84. The summed E-state index contributed by atoms with van der Waals surface area (Å²) in [7, 11) is 1.94. The molecule has 0 bridgehead atoms. The van der Waals surface area contributed by atoms with Crippen LogP contribution in [0.4, 0.5) is 5.69 Å². The fourth-order valence-electron chi connectivity index (χ4n) is 1.83. The molecule has 2 aromatic rings. The molecule has 1 aromatic carbocycles. The quantitative estimate of drug-likeness (QED) is 0.829. The van der Waals surface area contributed by atoms with Crippen molar-refractivity contribution in [2.75, 3.05) is 12.4 Å². The van der Waals surface area contributed by atoms with Crippen LogP contribution >= 0.6 is 31.9 Å². The predicted octanol–water partition coefficient (Wildman–Crippen LogP) is 4.42. The number of anilines is 1. The first-order valence-corrected chi connectivity index (χ1v) is 6.57. The third-order valence-electron chi connectivity index (χ3n) is 2.74. The Bertz CT molecular complexity index is 565. The van der Waals surface area contributed by atoms with Crippen molar-refractivity contribution in [2.45, 2.75) is 13.8 Å². The van der Waals surface area contributed by atoms with Gasteiger partial charge in [0.2, 0.25) is 0 Å². The molecule has 0 amide bonds. The van der Waals surface area contributed by atoms with Gasteiger partial charge in [-0.1, -0.05) is 15.9 Å². The lowest BCUT2D eigenvalue weighted by Crippen LogP contribution is -1.99. The number of nitrogens with zero attached hydrogens (tertiary/aromatic N) is 1. The van der Waals surface area contributed by atoms with E-state index in [4.69, 9.17) is 0 Å². The van der Waals surface area contributed by atoms with Crippen LogP contribution in [0.3, 0.4) is 0 Å². The molecule has 2 nitrogen and oxygen atoms in total. The van der Waals surface area contributed by atoms with Gasteiger partial charge < -0.3 is 5.32 Å². The Morgan fingerprint density at radius 1 is 1.19 bits per heavy atom. The average Bonchev–Trinajstić information content (AvgIpc) is 2.22. The molecule has 0 unspecified atom stereocenters. The van der Waals surface area contributed by atoms with Crippen LogP contribution in [0.25, 0.3) is 10.9 Å². The summed E-state index contributed by atoms with van der Waals surface area (Å²) in [6.07, 6.45) is 0. The SMILES string of the molecule is CNc1c(C)c(C)nc2c(Br)cc(Br)cc12. The molecule has 0 spiro atoms. The Hall–Kier alpha value is -0.610. The van der Waals surface area contributed by atoms with E-state index in [0.29, 0.717) is 0 Å². The van der Waals surface area contributed by atoms with Crippen LogP contribution in [-0.4, -0.2) is 12.0 Å². The van der Waals surface area contributed by atoms with Crippen LogP contribution in [0.5, 0.6) is 0 Å². The van der Waals surface area contributed by atoms with Crippen LogP contribution in [0.1, 0.15) is 11.3 Å². The number of nitrogens with one attached hydrogen (secondary N) is 1. The minimum absolute atomic E-state index is 0.996. The summed E-state index contributed by atoms with van der Waals surface area (Å²) in [6, 6.07) is 4.11. The molecule has 0 aliphatic rings. The van der Waals surface area contributed by atoms with E-state index in [1.54, 1.807) is 0 Å². The molecule has 0 saturated heterocycles. The highest BCUT2D eigenvalue weighted by atomic mass is 79.9. The second-order valence-electron chi connectivity index (χ2n) is 3.73. The second-order valence-corrected chi connectivity index (χ2v) is 5.50. The van der Waals surface area contributed by atoms with E-state index >= 15 is 0 Å². The van der Waals surface area contributed by atoms with Crippen molar-refractivity contribution in [3.63, 3.8) is 0 Å². The first-order valence-electron chi connectivity index (χ1n) is 4.98. The normalized spacial score (nSPS) is 10.8. The number of halogens is 2. The number of aryl methyl sites for hydroxylation is 1. The van der Waals surface area contributed by atoms with E-state index in [0.717, 1.165) is 31.2 Å². The fourth-order valence-corrected chi connectivity index (χ4v) is 3.14. The van der Waals surface area contributed by atoms with Crippen LogP contribution < -0.4 is 5.32 Å². The maximum atomic E-state index is 4.62. The number of hydrogen-bond acceptors (Lipinski definition) is 2. The maximum absolute atomic E-state index is 4.62. The molecule has 0 aliphatic carbocycles. The number of hydrogen-bond donors (Lipinski definition) is 1. The van der Waals surface area contributed by atoms with E-state index in [1.165, 1.54) is 5.56 Å². The molecule has 4 heteroatoms. The van der Waals surface area contributed by atoms with Crippen molar-refractivity contribution < 1.29 is 0 Å². The highest BCUT2D eigenvalue weighted by Gasteiger charge is 2.11. The summed E-state index contributed by atoms with van der Waals surface area (Å²) >= 11 is 7.05. The number of aromatic nitrogens is 1. The minimum atomic E-state index is 0.996. The Kier molecular flexibility index (Phi) is 3.22. The van der Waals surface area contributed by atoms with Crippen LogP contribution in [0, 0.1) is 13.8 Å². The van der Waals surface area contributed by atoms with Gasteiger partial charge in [-0.3, -0.25) is 4.98 Å². The molecule has 1 heterocycles. The zero-order valence-electron chi connectivity index (χ0n) is 9.36. The lowest BCUT2D eigenvalue weighted by molar-refractivity contribution is 1.19. The Balaban J connectivity index is 2.96. The van der Waals surface area contributed by atoms with Gasteiger partial charge in [0.05, 0.1) is 5.52 Å². The molecule has 16 heavy (non-hydrogen) atoms. The molecule has 1 N–H and O–H groups in total. The molecule has 0 radical (unpaired) electrons. The molecular formula is C12H12Br2N2. The lowest BCUT2D eigenvalue weighted by atomic mass is 10.1. The van der Waals surface area contributed by atoms with Crippen molar-refractivity contribution >= 4 is 48.5 Å². The van der Waals surface area contributed by atoms with Crippen molar-refractivity contribution in [3.05, 3.63) is 32.3 Å². The minimum Gasteiger partial charge on any atom is -0.387 e. The summed E-state index contributed by atoms with van der Waals surface area (Å²) in [5.74, 6) is 0.